The summed E-state index contributed by atoms with van der Waals surface area (Å²) in [7, 11) is 0. The van der Waals surface area contributed by atoms with Gasteiger partial charge < -0.3 is 19.4 Å². The molecule has 1 fully saturated rings. The van der Waals surface area contributed by atoms with Crippen molar-refractivity contribution < 1.29 is 18.7 Å². The third kappa shape index (κ3) is 3.46. The van der Waals surface area contributed by atoms with Crippen molar-refractivity contribution in [1.29, 1.82) is 0 Å². The maximum absolute atomic E-state index is 13.3. The normalized spacial score (nSPS) is 21.1. The number of morpholine rings is 1. The highest BCUT2D eigenvalue weighted by molar-refractivity contribution is 5.86. The number of hydrogen-bond acceptors (Lipinski definition) is 6. The molecule has 3 aromatic rings. The number of aromatic nitrogens is 2. The second kappa shape index (κ2) is 7.72. The molecule has 152 valence electrons. The molecule has 30 heavy (non-hydrogen) atoms. The summed E-state index contributed by atoms with van der Waals surface area (Å²) in [5, 5.41) is 2.89. The zero-order valence-electron chi connectivity index (χ0n) is 16.2. The highest BCUT2D eigenvalue weighted by Crippen LogP contribution is 2.29. The monoisotopic (exact) mass is 404 g/mol. The molecule has 0 saturated carbocycles. The molecule has 2 amide bonds. The minimum atomic E-state index is -0.781. The van der Waals surface area contributed by atoms with Crippen LogP contribution in [0.15, 0.2) is 59.3 Å². The van der Waals surface area contributed by atoms with Gasteiger partial charge in [0.15, 0.2) is 6.10 Å². The average Bonchev–Trinajstić information content (AvgIpc) is 3.23. The number of benzene rings is 1. The first-order chi connectivity index (χ1) is 14.7. The Morgan fingerprint density at radius 2 is 2.03 bits per heavy atom. The van der Waals surface area contributed by atoms with E-state index in [1.54, 1.807) is 17.3 Å². The molecule has 0 unspecified atom stereocenters. The van der Waals surface area contributed by atoms with Crippen LogP contribution in [0.4, 0.5) is 0 Å². The second-order valence-electron chi connectivity index (χ2n) is 7.33. The summed E-state index contributed by atoms with van der Waals surface area (Å²) in [4.78, 5) is 35.6. The van der Waals surface area contributed by atoms with Crippen molar-refractivity contribution in [3.8, 4) is 11.5 Å². The number of oxazole rings is 1. The van der Waals surface area contributed by atoms with Crippen molar-refractivity contribution >= 4 is 11.8 Å². The van der Waals surface area contributed by atoms with Crippen LogP contribution in [-0.4, -0.2) is 45.9 Å². The maximum Gasteiger partial charge on any atom is 0.254 e. The molecule has 2 aliphatic rings. The van der Waals surface area contributed by atoms with E-state index in [0.29, 0.717) is 25.4 Å². The molecule has 1 saturated heterocycles. The lowest BCUT2D eigenvalue weighted by molar-refractivity contribution is -0.156. The van der Waals surface area contributed by atoms with Crippen LogP contribution in [0, 0.1) is 0 Å². The largest absolute Gasteiger partial charge is 0.441 e. The number of carbonyl (C=O) groups excluding carboxylic acids is 2. The van der Waals surface area contributed by atoms with Crippen molar-refractivity contribution in [1.82, 2.24) is 20.2 Å². The Hall–Kier alpha value is -3.52. The van der Waals surface area contributed by atoms with E-state index in [9.17, 15) is 9.59 Å². The fraction of sp³-hybridized carbons (Fsp3) is 0.273. The van der Waals surface area contributed by atoms with Crippen molar-refractivity contribution in [2.24, 2.45) is 0 Å². The summed E-state index contributed by atoms with van der Waals surface area (Å²) >= 11 is 0. The number of hydrogen-bond donors (Lipinski definition) is 1. The summed E-state index contributed by atoms with van der Waals surface area (Å²) in [6, 6.07) is 12.6. The van der Waals surface area contributed by atoms with Crippen LogP contribution in [0.1, 0.15) is 23.1 Å². The predicted octanol–water partition coefficient (Wildman–Crippen LogP) is 1.88. The molecular weight excluding hydrogens is 384 g/mol. The summed E-state index contributed by atoms with van der Waals surface area (Å²) in [5.74, 6) is 0.896. The molecule has 1 N–H and O–H groups in total. The second-order valence-corrected chi connectivity index (χ2v) is 7.33. The Bertz CT molecular complexity index is 1070. The number of carbonyl (C=O) groups is 2. The SMILES string of the molecule is O=C1CO[C@H](C(=O)N2CCc3oc(-c4cccnc4)nc3C2)[C@@H](c2ccccc2)N1. The van der Waals surface area contributed by atoms with Crippen molar-refractivity contribution in [2.75, 3.05) is 13.2 Å². The van der Waals surface area contributed by atoms with Crippen molar-refractivity contribution in [3.63, 3.8) is 0 Å². The van der Waals surface area contributed by atoms with Gasteiger partial charge in [-0.25, -0.2) is 4.98 Å². The third-order valence-electron chi connectivity index (χ3n) is 5.36. The molecule has 5 rings (SSSR count). The van der Waals surface area contributed by atoms with E-state index in [-0.39, 0.29) is 18.4 Å². The number of fused-ring (bicyclic) bond motifs is 1. The molecule has 8 heteroatoms. The topological polar surface area (TPSA) is 97.6 Å². The minimum Gasteiger partial charge on any atom is -0.441 e. The number of amides is 2. The molecule has 0 radical (unpaired) electrons. The van der Waals surface area contributed by atoms with Gasteiger partial charge >= 0.3 is 0 Å². The molecule has 4 heterocycles. The standard InChI is InChI=1S/C22H20N4O4/c27-18-13-29-20(19(25-18)14-5-2-1-3-6-14)22(28)26-10-8-17-16(12-26)24-21(30-17)15-7-4-9-23-11-15/h1-7,9,11,19-20H,8,10,12-13H2,(H,25,27)/t19-,20+/m1/s1. The fourth-order valence-electron chi connectivity index (χ4n) is 3.86. The molecule has 2 aromatic heterocycles. The van der Waals surface area contributed by atoms with Gasteiger partial charge in [-0.15, -0.1) is 0 Å². The van der Waals surface area contributed by atoms with Gasteiger partial charge in [-0.3, -0.25) is 14.6 Å². The fourth-order valence-corrected chi connectivity index (χ4v) is 3.86. The Balaban J connectivity index is 1.37. The number of nitrogens with one attached hydrogen (secondary N) is 1. The Morgan fingerprint density at radius 1 is 1.17 bits per heavy atom. The highest BCUT2D eigenvalue weighted by atomic mass is 16.5. The lowest BCUT2D eigenvalue weighted by Gasteiger charge is -2.36. The van der Waals surface area contributed by atoms with Crippen LogP contribution >= 0.6 is 0 Å². The first kappa shape index (κ1) is 18.5. The summed E-state index contributed by atoms with van der Waals surface area (Å²) in [6.07, 6.45) is 3.18. The first-order valence-electron chi connectivity index (χ1n) is 9.83. The summed E-state index contributed by atoms with van der Waals surface area (Å²) in [6.45, 7) is 0.712. The Labute approximate surface area is 172 Å². The van der Waals surface area contributed by atoms with Crippen LogP contribution in [0.25, 0.3) is 11.5 Å². The van der Waals surface area contributed by atoms with Gasteiger partial charge in [0, 0.05) is 25.4 Å². The Kier molecular flexibility index (Phi) is 4.76. The third-order valence-corrected chi connectivity index (χ3v) is 5.36. The lowest BCUT2D eigenvalue weighted by atomic mass is 9.98. The molecule has 0 spiro atoms. The first-order valence-corrected chi connectivity index (χ1v) is 9.83. The molecular formula is C22H20N4O4. The number of pyridine rings is 1. The van der Waals surface area contributed by atoms with Gasteiger partial charge in [0.2, 0.25) is 11.8 Å². The number of rotatable bonds is 3. The van der Waals surface area contributed by atoms with Gasteiger partial charge in [-0.05, 0) is 17.7 Å². The average molecular weight is 404 g/mol. The molecule has 8 nitrogen and oxygen atoms in total. The molecule has 2 aliphatic heterocycles. The van der Waals surface area contributed by atoms with E-state index in [0.717, 1.165) is 22.6 Å². The van der Waals surface area contributed by atoms with E-state index in [1.165, 1.54) is 0 Å². The number of nitrogens with zero attached hydrogens (tertiary/aromatic N) is 3. The Morgan fingerprint density at radius 3 is 2.83 bits per heavy atom. The van der Waals surface area contributed by atoms with Crippen LogP contribution in [0.3, 0.4) is 0 Å². The number of ether oxygens (including phenoxy) is 1. The zero-order valence-corrected chi connectivity index (χ0v) is 16.2. The van der Waals surface area contributed by atoms with Crippen LogP contribution in [-0.2, 0) is 27.3 Å². The summed E-state index contributed by atoms with van der Waals surface area (Å²) in [5.41, 5.74) is 2.37. The van der Waals surface area contributed by atoms with Gasteiger partial charge in [0.25, 0.3) is 5.91 Å². The summed E-state index contributed by atoms with van der Waals surface area (Å²) < 4.78 is 11.6. The van der Waals surface area contributed by atoms with Crippen molar-refractivity contribution in [2.45, 2.75) is 25.1 Å². The van der Waals surface area contributed by atoms with E-state index in [1.807, 2.05) is 42.5 Å². The zero-order chi connectivity index (χ0) is 20.5. The lowest BCUT2D eigenvalue weighted by Crippen LogP contribution is -2.54. The quantitative estimate of drug-likeness (QED) is 0.716. The van der Waals surface area contributed by atoms with Crippen LogP contribution < -0.4 is 5.32 Å². The molecule has 0 bridgehead atoms. The van der Waals surface area contributed by atoms with Crippen LogP contribution in [0.2, 0.25) is 0 Å². The minimum absolute atomic E-state index is 0.131. The van der Waals surface area contributed by atoms with E-state index in [4.69, 9.17) is 9.15 Å². The van der Waals surface area contributed by atoms with Gasteiger partial charge in [0.1, 0.15) is 18.1 Å². The predicted molar refractivity (Wildman–Crippen MR) is 106 cm³/mol. The molecule has 2 atom stereocenters. The van der Waals surface area contributed by atoms with E-state index < -0.39 is 12.1 Å². The van der Waals surface area contributed by atoms with Crippen molar-refractivity contribution in [3.05, 3.63) is 71.9 Å². The smallest absolute Gasteiger partial charge is 0.254 e. The van der Waals surface area contributed by atoms with Crippen LogP contribution in [0.5, 0.6) is 0 Å². The molecule has 0 aliphatic carbocycles. The highest BCUT2D eigenvalue weighted by Gasteiger charge is 2.39. The van der Waals surface area contributed by atoms with E-state index in [2.05, 4.69) is 15.3 Å². The van der Waals surface area contributed by atoms with E-state index >= 15 is 0 Å². The van der Waals surface area contributed by atoms with Gasteiger partial charge in [-0.1, -0.05) is 30.3 Å². The van der Waals surface area contributed by atoms with Gasteiger partial charge in [0.05, 0.1) is 18.2 Å². The molecule has 1 aromatic carbocycles. The van der Waals surface area contributed by atoms with Gasteiger partial charge in [-0.2, -0.15) is 0 Å². The maximum atomic E-state index is 13.3.